The first-order valence-electron chi connectivity index (χ1n) is 10.9. The number of carbonyl (C=O) groups is 2. The molecule has 2 aromatic carbocycles. The maximum absolute atomic E-state index is 13.6. The summed E-state index contributed by atoms with van der Waals surface area (Å²) >= 11 is 6.15. The zero-order valence-corrected chi connectivity index (χ0v) is 19.3. The molecule has 0 radical (unpaired) electrons. The number of ether oxygens (including phenoxy) is 2. The van der Waals surface area contributed by atoms with Crippen molar-refractivity contribution in [1.82, 2.24) is 4.90 Å². The number of nitrogens with zero attached hydrogens (tertiary/aromatic N) is 2. The van der Waals surface area contributed by atoms with E-state index in [0.717, 1.165) is 12.2 Å². The van der Waals surface area contributed by atoms with Crippen LogP contribution in [0.25, 0.3) is 5.57 Å². The van der Waals surface area contributed by atoms with Crippen molar-refractivity contribution in [3.05, 3.63) is 64.8 Å². The molecule has 1 fully saturated rings. The van der Waals surface area contributed by atoms with E-state index in [-0.39, 0.29) is 24.0 Å². The van der Waals surface area contributed by atoms with Gasteiger partial charge in [-0.2, -0.15) is 0 Å². The molecule has 0 saturated carbocycles. The van der Waals surface area contributed by atoms with Crippen molar-refractivity contribution in [2.24, 2.45) is 0 Å². The van der Waals surface area contributed by atoms with Gasteiger partial charge in [0.25, 0.3) is 11.8 Å². The van der Waals surface area contributed by atoms with Gasteiger partial charge in [0, 0.05) is 18.1 Å². The topological polar surface area (TPSA) is 59.1 Å². The summed E-state index contributed by atoms with van der Waals surface area (Å²) in [7, 11) is 0. The Morgan fingerprint density at radius 1 is 1.03 bits per heavy atom. The van der Waals surface area contributed by atoms with Gasteiger partial charge in [0.05, 0.1) is 30.1 Å². The molecular formula is C25H27ClN2O4. The second-order valence-electron chi connectivity index (χ2n) is 8.18. The smallest absolute Gasteiger partial charge is 0.282 e. The minimum atomic E-state index is -0.360. The molecule has 2 unspecified atom stereocenters. The summed E-state index contributed by atoms with van der Waals surface area (Å²) in [5.74, 6) is 0.0241. The molecule has 2 heterocycles. The van der Waals surface area contributed by atoms with Crippen molar-refractivity contribution in [1.29, 1.82) is 0 Å². The van der Waals surface area contributed by atoms with Crippen molar-refractivity contribution < 1.29 is 19.1 Å². The van der Waals surface area contributed by atoms with Gasteiger partial charge in [0.2, 0.25) is 0 Å². The fraction of sp³-hybridized carbons (Fsp3) is 0.360. The molecule has 7 heteroatoms. The largest absolute Gasteiger partial charge is 0.494 e. The predicted octanol–water partition coefficient (Wildman–Crippen LogP) is 4.52. The maximum Gasteiger partial charge on any atom is 0.282 e. The Kier molecular flexibility index (Phi) is 6.53. The molecule has 0 spiro atoms. The second-order valence-corrected chi connectivity index (χ2v) is 8.62. The number of morpholine rings is 1. The van der Waals surface area contributed by atoms with E-state index in [1.165, 1.54) is 4.90 Å². The van der Waals surface area contributed by atoms with E-state index in [1.54, 1.807) is 24.3 Å². The van der Waals surface area contributed by atoms with Crippen LogP contribution in [0.1, 0.15) is 32.8 Å². The highest BCUT2D eigenvalue weighted by Gasteiger charge is 2.43. The third-order valence-electron chi connectivity index (χ3n) is 5.48. The first kappa shape index (κ1) is 22.4. The monoisotopic (exact) mass is 454 g/mol. The van der Waals surface area contributed by atoms with Crippen LogP contribution in [0.15, 0.2) is 54.2 Å². The summed E-state index contributed by atoms with van der Waals surface area (Å²) in [5, 5.41) is 0.462. The van der Waals surface area contributed by atoms with E-state index < -0.39 is 0 Å². The molecule has 32 heavy (non-hydrogen) atoms. The predicted molar refractivity (Wildman–Crippen MR) is 125 cm³/mol. The molecule has 168 valence electrons. The summed E-state index contributed by atoms with van der Waals surface area (Å²) in [6.45, 7) is 7.67. The quantitative estimate of drug-likeness (QED) is 0.600. The highest BCUT2D eigenvalue weighted by molar-refractivity contribution is 6.45. The van der Waals surface area contributed by atoms with Gasteiger partial charge in [-0.3, -0.25) is 9.59 Å². The van der Waals surface area contributed by atoms with Crippen molar-refractivity contribution in [3.63, 3.8) is 0 Å². The van der Waals surface area contributed by atoms with Gasteiger partial charge in [0.1, 0.15) is 11.4 Å². The minimum Gasteiger partial charge on any atom is -0.494 e. The van der Waals surface area contributed by atoms with E-state index in [1.807, 2.05) is 49.9 Å². The first-order valence-corrected chi connectivity index (χ1v) is 11.3. The number of carbonyl (C=O) groups excluding carboxylic acids is 2. The number of anilines is 1. The molecule has 6 nitrogen and oxygen atoms in total. The van der Waals surface area contributed by atoms with Gasteiger partial charge in [0.15, 0.2) is 0 Å². The fourth-order valence-electron chi connectivity index (χ4n) is 4.22. The van der Waals surface area contributed by atoms with Crippen molar-refractivity contribution in [3.8, 4) is 5.75 Å². The number of imide groups is 1. The van der Waals surface area contributed by atoms with Crippen molar-refractivity contribution >= 4 is 34.7 Å². The van der Waals surface area contributed by atoms with Gasteiger partial charge < -0.3 is 14.4 Å². The van der Waals surface area contributed by atoms with Crippen LogP contribution in [0.2, 0.25) is 5.02 Å². The molecule has 2 aromatic rings. The molecule has 0 N–H and O–H groups in total. The lowest BCUT2D eigenvalue weighted by molar-refractivity contribution is -0.121. The summed E-state index contributed by atoms with van der Waals surface area (Å²) in [6, 6.07) is 14.1. The van der Waals surface area contributed by atoms with Crippen LogP contribution in [-0.2, 0) is 14.3 Å². The van der Waals surface area contributed by atoms with E-state index in [2.05, 4.69) is 0 Å². The Morgan fingerprint density at radius 2 is 1.72 bits per heavy atom. The van der Waals surface area contributed by atoms with E-state index in [0.29, 0.717) is 47.2 Å². The molecule has 0 aliphatic carbocycles. The molecule has 0 bridgehead atoms. The van der Waals surface area contributed by atoms with Crippen molar-refractivity contribution in [2.75, 3.05) is 24.6 Å². The third kappa shape index (κ3) is 4.38. The Labute approximate surface area is 193 Å². The molecular weight excluding hydrogens is 428 g/mol. The molecule has 2 atom stereocenters. The second kappa shape index (κ2) is 9.35. The van der Waals surface area contributed by atoms with Crippen LogP contribution in [0.5, 0.6) is 5.75 Å². The first-order chi connectivity index (χ1) is 15.4. The zero-order valence-electron chi connectivity index (χ0n) is 18.5. The van der Waals surface area contributed by atoms with Crippen LogP contribution in [0.4, 0.5) is 5.69 Å². The summed E-state index contributed by atoms with van der Waals surface area (Å²) < 4.78 is 11.5. The maximum atomic E-state index is 13.6. The number of benzene rings is 2. The molecule has 4 rings (SSSR count). The number of rotatable bonds is 6. The summed E-state index contributed by atoms with van der Waals surface area (Å²) in [5.41, 5.74) is 1.92. The minimum absolute atomic E-state index is 0.0551. The number of amides is 2. The SMILES string of the molecule is CCCOc1ccc(C2=C(N3CC(C)OC(C)C3)C(=O)N(c3cccc(Cl)c3)C2=O)cc1. The number of halogens is 1. The molecule has 2 aliphatic rings. The van der Waals surface area contributed by atoms with Crippen LogP contribution in [0, 0.1) is 0 Å². The normalized spacial score (nSPS) is 21.5. The van der Waals surface area contributed by atoms with E-state index >= 15 is 0 Å². The standard InChI is InChI=1S/C25H27ClN2O4/c1-4-12-31-21-10-8-18(9-11-21)22-23(27-14-16(2)32-17(3)15-27)25(30)28(24(22)29)20-7-5-6-19(26)13-20/h5-11,13,16-17H,4,12,14-15H2,1-3H3. The number of hydrogen-bond acceptors (Lipinski definition) is 5. The van der Waals surface area contributed by atoms with Crippen LogP contribution in [0.3, 0.4) is 0 Å². The Morgan fingerprint density at radius 3 is 2.34 bits per heavy atom. The lowest BCUT2D eigenvalue weighted by Crippen LogP contribution is -2.47. The van der Waals surface area contributed by atoms with Gasteiger partial charge >= 0.3 is 0 Å². The van der Waals surface area contributed by atoms with Gasteiger partial charge in [-0.25, -0.2) is 4.90 Å². The molecule has 2 aliphatic heterocycles. The van der Waals surface area contributed by atoms with Gasteiger partial charge in [-0.05, 0) is 56.2 Å². The van der Waals surface area contributed by atoms with Crippen LogP contribution in [-0.4, -0.2) is 48.6 Å². The average Bonchev–Trinajstić information content (AvgIpc) is 3.02. The van der Waals surface area contributed by atoms with Gasteiger partial charge in [-0.1, -0.05) is 36.7 Å². The van der Waals surface area contributed by atoms with E-state index in [9.17, 15) is 9.59 Å². The summed E-state index contributed by atoms with van der Waals surface area (Å²) in [4.78, 5) is 30.4. The zero-order chi connectivity index (χ0) is 22.8. The number of hydrogen-bond donors (Lipinski definition) is 0. The average molecular weight is 455 g/mol. The summed E-state index contributed by atoms with van der Waals surface area (Å²) in [6.07, 6.45) is 0.798. The molecule has 2 amide bonds. The van der Waals surface area contributed by atoms with Crippen LogP contribution < -0.4 is 9.64 Å². The molecule has 0 aromatic heterocycles. The Bertz CT molecular complexity index is 1040. The third-order valence-corrected chi connectivity index (χ3v) is 5.71. The lowest BCUT2D eigenvalue weighted by Gasteiger charge is -2.37. The van der Waals surface area contributed by atoms with Crippen molar-refractivity contribution in [2.45, 2.75) is 39.4 Å². The Hall–Kier alpha value is -2.83. The molecule has 1 saturated heterocycles. The van der Waals surface area contributed by atoms with Gasteiger partial charge in [-0.15, -0.1) is 0 Å². The highest BCUT2D eigenvalue weighted by Crippen LogP contribution is 2.37. The lowest BCUT2D eigenvalue weighted by atomic mass is 10.0. The van der Waals surface area contributed by atoms with Crippen LogP contribution >= 0.6 is 11.6 Å². The highest BCUT2D eigenvalue weighted by atomic mass is 35.5. The Balaban J connectivity index is 1.77. The van der Waals surface area contributed by atoms with E-state index in [4.69, 9.17) is 21.1 Å². The fourth-order valence-corrected chi connectivity index (χ4v) is 4.40.